The third-order valence-corrected chi connectivity index (χ3v) is 3.42. The molecular weight excluding hydrogens is 285 g/mol. The first-order valence-corrected chi connectivity index (χ1v) is 6.27. The maximum atomic E-state index is 12.7. The van der Waals surface area contributed by atoms with Gasteiger partial charge in [-0.15, -0.1) is 0 Å². The van der Waals surface area contributed by atoms with Crippen LogP contribution in [0.4, 0.5) is 13.2 Å². The van der Waals surface area contributed by atoms with Crippen molar-refractivity contribution in [1.82, 2.24) is 0 Å². The van der Waals surface area contributed by atoms with E-state index in [2.05, 4.69) is 0 Å². The fraction of sp³-hybridized carbons (Fsp3) is 0.200. The third kappa shape index (κ3) is 2.49. The summed E-state index contributed by atoms with van der Waals surface area (Å²) in [5, 5.41) is 19.3. The number of aryl methyl sites for hydroxylation is 1. The van der Waals surface area contributed by atoms with Crippen LogP contribution >= 0.6 is 0 Å². The van der Waals surface area contributed by atoms with Gasteiger partial charge in [0.25, 0.3) is 0 Å². The average Bonchev–Trinajstić information content (AvgIpc) is 2.55. The van der Waals surface area contributed by atoms with Crippen LogP contribution in [0.1, 0.15) is 16.7 Å². The Morgan fingerprint density at radius 1 is 0.952 bits per heavy atom. The molecule has 0 aliphatic carbocycles. The van der Waals surface area contributed by atoms with E-state index in [1.54, 1.807) is 0 Å². The fourth-order valence-corrected chi connectivity index (χ4v) is 2.39. The van der Waals surface area contributed by atoms with Crippen molar-refractivity contribution in [2.75, 3.05) is 0 Å². The normalized spacial score (nSPS) is 13.9. The fourth-order valence-electron chi connectivity index (χ4n) is 2.39. The molecule has 3 nitrogen and oxygen atoms in total. The molecule has 0 unspecified atom stereocenters. The molecule has 2 N–H and O–H groups in total. The predicted molar refractivity (Wildman–Crippen MR) is 68.7 cm³/mol. The molecule has 1 heterocycles. The van der Waals surface area contributed by atoms with Crippen LogP contribution in [-0.2, 0) is 19.0 Å². The van der Waals surface area contributed by atoms with E-state index < -0.39 is 11.7 Å². The van der Waals surface area contributed by atoms with Gasteiger partial charge in [0.15, 0.2) is 0 Å². The van der Waals surface area contributed by atoms with Gasteiger partial charge in [0, 0.05) is 17.7 Å². The van der Waals surface area contributed by atoms with Crippen LogP contribution < -0.4 is 4.74 Å². The van der Waals surface area contributed by atoms with Gasteiger partial charge in [-0.2, -0.15) is 13.2 Å². The first-order chi connectivity index (χ1) is 9.84. The van der Waals surface area contributed by atoms with Gasteiger partial charge >= 0.3 is 6.18 Å². The number of ether oxygens (including phenoxy) is 1. The van der Waals surface area contributed by atoms with Gasteiger partial charge in [-0.1, -0.05) is 0 Å². The van der Waals surface area contributed by atoms with Crippen molar-refractivity contribution in [3.63, 3.8) is 0 Å². The molecule has 0 amide bonds. The second kappa shape index (κ2) is 4.58. The minimum Gasteiger partial charge on any atom is -0.508 e. The summed E-state index contributed by atoms with van der Waals surface area (Å²) < 4.78 is 43.7. The van der Waals surface area contributed by atoms with Crippen molar-refractivity contribution in [1.29, 1.82) is 0 Å². The first kappa shape index (κ1) is 13.6. The molecule has 0 spiro atoms. The number of phenolic OH excluding ortho intramolecular Hbond substituents is 2. The molecule has 0 aromatic heterocycles. The summed E-state index contributed by atoms with van der Waals surface area (Å²) in [5.41, 5.74) is 0.153. The summed E-state index contributed by atoms with van der Waals surface area (Å²) in [6.45, 7) is 0. The molecule has 1 aliphatic rings. The highest BCUT2D eigenvalue weighted by Gasteiger charge is 2.31. The van der Waals surface area contributed by atoms with Gasteiger partial charge in [0.2, 0.25) is 0 Å². The molecule has 0 bridgehead atoms. The molecule has 1 aliphatic heterocycles. The number of phenols is 2. The highest BCUT2D eigenvalue weighted by atomic mass is 19.4. The lowest BCUT2D eigenvalue weighted by molar-refractivity contribution is -0.137. The van der Waals surface area contributed by atoms with E-state index in [0.717, 1.165) is 12.1 Å². The van der Waals surface area contributed by atoms with Crippen LogP contribution in [0, 0.1) is 0 Å². The topological polar surface area (TPSA) is 49.7 Å². The van der Waals surface area contributed by atoms with E-state index in [1.807, 2.05) is 0 Å². The van der Waals surface area contributed by atoms with Crippen LogP contribution in [-0.4, -0.2) is 10.2 Å². The van der Waals surface area contributed by atoms with E-state index in [9.17, 15) is 23.4 Å². The summed E-state index contributed by atoms with van der Waals surface area (Å²) >= 11 is 0. The number of benzene rings is 2. The van der Waals surface area contributed by atoms with E-state index in [1.165, 1.54) is 18.2 Å². The van der Waals surface area contributed by atoms with Gasteiger partial charge in [-0.3, -0.25) is 0 Å². The zero-order valence-corrected chi connectivity index (χ0v) is 10.7. The predicted octanol–water partition coefficient (Wildman–Crippen LogP) is 4.01. The number of rotatable bonds is 0. The zero-order chi connectivity index (χ0) is 15.2. The summed E-state index contributed by atoms with van der Waals surface area (Å²) in [6, 6.07) is 5.78. The van der Waals surface area contributed by atoms with Crippen LogP contribution in [0.15, 0.2) is 30.3 Å². The second-order valence-corrected chi connectivity index (χ2v) is 4.86. The van der Waals surface area contributed by atoms with Crippen molar-refractivity contribution in [3.05, 3.63) is 47.0 Å². The van der Waals surface area contributed by atoms with Crippen LogP contribution in [0.2, 0.25) is 0 Å². The van der Waals surface area contributed by atoms with Crippen molar-refractivity contribution in [3.8, 4) is 23.0 Å². The van der Waals surface area contributed by atoms with Gasteiger partial charge in [0.1, 0.15) is 23.0 Å². The second-order valence-electron chi connectivity index (χ2n) is 4.86. The summed E-state index contributed by atoms with van der Waals surface area (Å²) in [4.78, 5) is 0. The summed E-state index contributed by atoms with van der Waals surface area (Å²) in [7, 11) is 0. The Balaban J connectivity index is 2.05. The molecule has 6 heteroatoms. The minimum absolute atomic E-state index is 0.131. The highest BCUT2D eigenvalue weighted by molar-refractivity contribution is 5.54. The van der Waals surface area contributed by atoms with Crippen LogP contribution in [0.3, 0.4) is 0 Å². The maximum absolute atomic E-state index is 12.7. The van der Waals surface area contributed by atoms with E-state index in [0.29, 0.717) is 29.7 Å². The number of alkyl halides is 3. The number of hydrogen-bond acceptors (Lipinski definition) is 3. The number of fused-ring (bicyclic) bond motifs is 2. The van der Waals surface area contributed by atoms with Crippen molar-refractivity contribution >= 4 is 0 Å². The average molecular weight is 296 g/mol. The Labute approximate surface area is 118 Å². The van der Waals surface area contributed by atoms with E-state index in [4.69, 9.17) is 4.74 Å². The molecule has 0 saturated carbocycles. The van der Waals surface area contributed by atoms with Crippen LogP contribution in [0.5, 0.6) is 23.0 Å². The van der Waals surface area contributed by atoms with Gasteiger partial charge < -0.3 is 14.9 Å². The molecule has 0 fully saturated rings. The largest absolute Gasteiger partial charge is 0.508 e. The maximum Gasteiger partial charge on any atom is 0.416 e. The SMILES string of the molecule is Oc1cc(O)c2c(c1)Oc1ccc(C(F)(F)F)cc1CC2. The van der Waals surface area contributed by atoms with Crippen molar-refractivity contribution in [2.45, 2.75) is 19.0 Å². The van der Waals surface area contributed by atoms with E-state index >= 15 is 0 Å². The Kier molecular flexibility index (Phi) is 2.97. The number of aromatic hydroxyl groups is 2. The van der Waals surface area contributed by atoms with Gasteiger partial charge in [-0.05, 0) is 36.6 Å². The Morgan fingerprint density at radius 2 is 1.71 bits per heavy atom. The smallest absolute Gasteiger partial charge is 0.416 e. The van der Waals surface area contributed by atoms with Gasteiger partial charge in [0.05, 0.1) is 5.56 Å². The van der Waals surface area contributed by atoms with Crippen molar-refractivity contribution < 1.29 is 28.1 Å². The molecule has 2 aromatic carbocycles. The summed E-state index contributed by atoms with van der Waals surface area (Å²) in [5.74, 6) is 0.258. The lowest BCUT2D eigenvalue weighted by Gasteiger charge is -2.12. The first-order valence-electron chi connectivity index (χ1n) is 6.27. The molecular formula is C15H11F3O3. The third-order valence-electron chi connectivity index (χ3n) is 3.42. The quantitative estimate of drug-likeness (QED) is 0.772. The Bertz CT molecular complexity index is 708. The van der Waals surface area contributed by atoms with E-state index in [-0.39, 0.29) is 17.2 Å². The molecule has 0 saturated heterocycles. The summed E-state index contributed by atoms with van der Waals surface area (Å²) in [6.07, 6.45) is -3.77. The van der Waals surface area contributed by atoms with Crippen molar-refractivity contribution in [2.24, 2.45) is 0 Å². The lowest BCUT2D eigenvalue weighted by atomic mass is 10.0. The molecule has 0 atom stereocenters. The monoisotopic (exact) mass is 296 g/mol. The highest BCUT2D eigenvalue weighted by Crippen LogP contribution is 2.41. The molecule has 3 rings (SSSR count). The Hall–Kier alpha value is -2.37. The zero-order valence-electron chi connectivity index (χ0n) is 10.7. The van der Waals surface area contributed by atoms with Gasteiger partial charge in [-0.25, -0.2) is 0 Å². The Morgan fingerprint density at radius 3 is 2.43 bits per heavy atom. The minimum atomic E-state index is -4.41. The number of halogens is 3. The van der Waals surface area contributed by atoms with Crippen LogP contribution in [0.25, 0.3) is 0 Å². The molecule has 0 radical (unpaired) electrons. The molecule has 110 valence electrons. The lowest BCUT2D eigenvalue weighted by Crippen LogP contribution is -2.05. The number of hydrogen-bond donors (Lipinski definition) is 2. The molecule has 21 heavy (non-hydrogen) atoms. The molecule has 2 aromatic rings. The standard InChI is InChI=1S/C15H11F3O3/c16-15(17,18)9-2-4-13-8(5-9)1-3-11-12(20)6-10(19)7-14(11)21-13/h2,4-7,19-20H,1,3H2.